The van der Waals surface area contributed by atoms with Crippen LogP contribution in [0.3, 0.4) is 0 Å². The van der Waals surface area contributed by atoms with Crippen molar-refractivity contribution in [3.05, 3.63) is 0 Å². The van der Waals surface area contributed by atoms with Gasteiger partial charge in [-0.1, -0.05) is 0 Å². The Balaban J connectivity index is 1.68. The lowest BCUT2D eigenvalue weighted by molar-refractivity contribution is -0.978. The summed E-state index contributed by atoms with van der Waals surface area (Å²) in [6, 6.07) is -0.283. The Morgan fingerprint density at radius 1 is 1.09 bits per heavy atom. The summed E-state index contributed by atoms with van der Waals surface area (Å²) in [7, 11) is 0. The molecule has 5 N–H and O–H groups in total. The van der Waals surface area contributed by atoms with Crippen LogP contribution < -0.4 is 20.9 Å². The highest BCUT2D eigenvalue weighted by molar-refractivity contribution is 6.04. The van der Waals surface area contributed by atoms with E-state index in [-0.39, 0.29) is 30.2 Å². The minimum atomic E-state index is -0.469. The highest BCUT2D eigenvalue weighted by Crippen LogP contribution is 2.15. The number of amides is 3. The zero-order chi connectivity index (χ0) is 15.7. The number of nitrogens with two attached hydrogens (primary N) is 1. The summed E-state index contributed by atoms with van der Waals surface area (Å²) in [6.45, 7) is 3.50. The number of imide groups is 1. The molecule has 3 aliphatic heterocycles. The van der Waals surface area contributed by atoms with Crippen LogP contribution in [-0.4, -0.2) is 55.5 Å². The normalized spacial score (nSPS) is 37.1. The van der Waals surface area contributed by atoms with Crippen LogP contribution in [0.1, 0.15) is 38.5 Å². The fourth-order valence-electron chi connectivity index (χ4n) is 4.46. The maximum absolute atomic E-state index is 12.2. The van der Waals surface area contributed by atoms with Crippen molar-refractivity contribution in [2.24, 2.45) is 5.73 Å². The number of nitrogens with one attached hydrogen (secondary N) is 3. The van der Waals surface area contributed by atoms with Crippen molar-refractivity contribution >= 4 is 17.7 Å². The highest BCUT2D eigenvalue weighted by atomic mass is 16.2. The molecule has 0 radical (unpaired) electrons. The number of hydrogen-bond acceptors (Lipinski definition) is 3. The van der Waals surface area contributed by atoms with Crippen LogP contribution in [0.4, 0.5) is 0 Å². The summed E-state index contributed by atoms with van der Waals surface area (Å²) in [4.78, 5) is 37.8. The smallest absolute Gasteiger partial charge is 0.285 e. The van der Waals surface area contributed by atoms with Gasteiger partial charge in [-0.25, -0.2) is 0 Å². The number of quaternary nitrogens is 2. The minimum absolute atomic E-state index is 0.170. The molecule has 0 aromatic heterocycles. The predicted molar refractivity (Wildman–Crippen MR) is 78.0 cm³/mol. The second kappa shape index (κ2) is 5.96. The fraction of sp³-hybridized carbons (Fsp3) is 0.800. The average Bonchev–Trinajstić information content (AvgIpc) is 2.86. The molecule has 122 valence electrons. The van der Waals surface area contributed by atoms with E-state index < -0.39 is 5.54 Å². The van der Waals surface area contributed by atoms with Crippen molar-refractivity contribution in [1.82, 2.24) is 5.32 Å². The predicted octanol–water partition coefficient (Wildman–Crippen LogP) is -3.63. The van der Waals surface area contributed by atoms with Crippen LogP contribution in [0, 0.1) is 0 Å². The number of rotatable bonds is 3. The van der Waals surface area contributed by atoms with Crippen molar-refractivity contribution in [1.29, 1.82) is 0 Å². The van der Waals surface area contributed by atoms with E-state index in [0.717, 1.165) is 43.9 Å². The Morgan fingerprint density at radius 2 is 1.73 bits per heavy atom. The summed E-state index contributed by atoms with van der Waals surface area (Å²) in [6.07, 6.45) is 5.24. The Kier molecular flexibility index (Phi) is 4.18. The molecule has 0 saturated carbocycles. The molecule has 3 heterocycles. The molecule has 0 spiro atoms. The van der Waals surface area contributed by atoms with Gasteiger partial charge in [-0.2, -0.15) is 0 Å². The maximum Gasteiger partial charge on any atom is 0.285 e. The Morgan fingerprint density at radius 3 is 2.23 bits per heavy atom. The summed E-state index contributed by atoms with van der Waals surface area (Å²) in [5.41, 5.74) is 5.31. The summed E-state index contributed by atoms with van der Waals surface area (Å²) in [5, 5.41) is 2.38. The largest absolute Gasteiger partial charge is 0.364 e. The molecule has 0 aliphatic carbocycles. The number of piperidine rings is 2. The van der Waals surface area contributed by atoms with Gasteiger partial charge >= 0.3 is 0 Å². The third-order valence-electron chi connectivity index (χ3n) is 5.81. The molecule has 3 amide bonds. The molecule has 3 saturated heterocycles. The van der Waals surface area contributed by atoms with Gasteiger partial charge in [0.1, 0.15) is 0 Å². The highest BCUT2D eigenvalue weighted by Gasteiger charge is 2.52. The van der Waals surface area contributed by atoms with Crippen LogP contribution in [0.25, 0.3) is 0 Å². The lowest BCUT2D eigenvalue weighted by atomic mass is 9.83. The number of primary amides is 1. The van der Waals surface area contributed by atoms with Crippen LogP contribution >= 0.6 is 0 Å². The van der Waals surface area contributed by atoms with Crippen LogP contribution in [0.2, 0.25) is 0 Å². The van der Waals surface area contributed by atoms with Crippen LogP contribution in [-0.2, 0) is 14.4 Å². The molecule has 0 aromatic carbocycles. The van der Waals surface area contributed by atoms with E-state index in [4.69, 9.17) is 5.73 Å². The monoisotopic (exact) mass is 310 g/mol. The van der Waals surface area contributed by atoms with E-state index in [0.29, 0.717) is 12.8 Å². The molecule has 0 aromatic rings. The lowest BCUT2D eigenvalue weighted by Gasteiger charge is -2.44. The molecule has 3 aliphatic rings. The van der Waals surface area contributed by atoms with Gasteiger partial charge in [-0.05, 0) is 19.3 Å². The van der Waals surface area contributed by atoms with E-state index >= 15 is 0 Å². The second-order valence-corrected chi connectivity index (χ2v) is 6.94. The summed E-state index contributed by atoms with van der Waals surface area (Å²) in [5.74, 6) is -0.553. The van der Waals surface area contributed by atoms with E-state index in [9.17, 15) is 14.4 Å². The van der Waals surface area contributed by atoms with Gasteiger partial charge in [0.2, 0.25) is 5.91 Å². The molecule has 7 heteroatoms. The summed E-state index contributed by atoms with van der Waals surface area (Å²) >= 11 is 0. The molecule has 1 atom stereocenters. The van der Waals surface area contributed by atoms with E-state index in [1.165, 1.54) is 11.3 Å². The second-order valence-electron chi connectivity index (χ2n) is 6.94. The Bertz CT molecular complexity index is 479. The Labute approximate surface area is 130 Å². The first kappa shape index (κ1) is 15.4. The van der Waals surface area contributed by atoms with Crippen molar-refractivity contribution in [2.75, 3.05) is 26.2 Å². The SMILES string of the molecule is NC(=O)C1([NH+]2CCCCC2)CC[NH+]([C@H]2CC(=O)NC2=O)CC1. The molecule has 7 nitrogen and oxygen atoms in total. The van der Waals surface area contributed by atoms with E-state index in [1.807, 2.05) is 0 Å². The standard InChI is InChI=1S/C15H24N4O3/c16-14(22)15(19-6-2-1-3-7-19)4-8-18(9-5-15)11-10-12(20)17-13(11)21/h11H,1-10H2,(H2,16,22)(H,17,20,21)/p+2/t11-/m0/s1. The third kappa shape index (κ3) is 2.63. The molecule has 0 unspecified atom stereocenters. The first-order valence-electron chi connectivity index (χ1n) is 8.36. The van der Waals surface area contributed by atoms with Gasteiger partial charge in [0.25, 0.3) is 11.8 Å². The Hall–Kier alpha value is -1.47. The maximum atomic E-state index is 12.2. The quantitative estimate of drug-likeness (QED) is 0.405. The van der Waals surface area contributed by atoms with Gasteiger partial charge in [0.05, 0.1) is 45.4 Å². The number of hydrogen-bond donors (Lipinski definition) is 4. The molecule has 3 rings (SSSR count). The number of carbonyl (C=O) groups is 3. The van der Waals surface area contributed by atoms with Gasteiger partial charge in [0, 0.05) is 0 Å². The lowest BCUT2D eigenvalue weighted by Crippen LogP contribution is -3.27. The first-order valence-corrected chi connectivity index (χ1v) is 8.36. The van der Waals surface area contributed by atoms with Gasteiger partial charge in [0.15, 0.2) is 11.6 Å². The van der Waals surface area contributed by atoms with Crippen LogP contribution in [0.15, 0.2) is 0 Å². The minimum Gasteiger partial charge on any atom is -0.364 e. The van der Waals surface area contributed by atoms with E-state index in [1.54, 1.807) is 0 Å². The molecular formula is C15H26N4O3+2. The zero-order valence-corrected chi connectivity index (χ0v) is 13.0. The van der Waals surface area contributed by atoms with Crippen molar-refractivity contribution in [3.63, 3.8) is 0 Å². The van der Waals surface area contributed by atoms with Gasteiger partial charge in [-0.3, -0.25) is 19.7 Å². The number of likely N-dealkylation sites (tertiary alicyclic amines) is 2. The number of carbonyl (C=O) groups excluding carboxylic acids is 3. The zero-order valence-electron chi connectivity index (χ0n) is 13.0. The summed E-state index contributed by atoms with van der Waals surface area (Å²) < 4.78 is 0. The van der Waals surface area contributed by atoms with E-state index in [2.05, 4.69) is 5.32 Å². The first-order chi connectivity index (χ1) is 10.5. The van der Waals surface area contributed by atoms with Crippen molar-refractivity contribution < 1.29 is 24.2 Å². The van der Waals surface area contributed by atoms with Gasteiger partial charge in [-0.15, -0.1) is 0 Å². The van der Waals surface area contributed by atoms with Crippen molar-refractivity contribution in [3.8, 4) is 0 Å². The third-order valence-corrected chi connectivity index (χ3v) is 5.81. The van der Waals surface area contributed by atoms with Crippen LogP contribution in [0.5, 0.6) is 0 Å². The topological polar surface area (TPSA) is 98.1 Å². The molecular weight excluding hydrogens is 284 g/mol. The molecule has 3 fully saturated rings. The average molecular weight is 310 g/mol. The molecule has 0 bridgehead atoms. The molecule has 22 heavy (non-hydrogen) atoms. The van der Waals surface area contributed by atoms with Crippen molar-refractivity contribution in [2.45, 2.75) is 50.1 Å². The van der Waals surface area contributed by atoms with Gasteiger partial charge < -0.3 is 15.5 Å². The fourth-order valence-corrected chi connectivity index (χ4v) is 4.46.